The zero-order valence-electron chi connectivity index (χ0n) is 7.88. The van der Waals surface area contributed by atoms with Gasteiger partial charge in [0.05, 0.1) is 0 Å². The molecule has 3 heteroatoms. The molecule has 0 saturated heterocycles. The van der Waals surface area contributed by atoms with Crippen molar-refractivity contribution >= 4 is 11.8 Å². The van der Waals surface area contributed by atoms with E-state index in [1.54, 1.807) is 30.4 Å². The van der Waals surface area contributed by atoms with Crippen molar-refractivity contribution in [2.75, 3.05) is 0 Å². The van der Waals surface area contributed by atoms with E-state index >= 15 is 0 Å². The van der Waals surface area contributed by atoms with Crippen molar-refractivity contribution < 1.29 is 14.7 Å². The highest BCUT2D eigenvalue weighted by Crippen LogP contribution is 1.83. The molecule has 0 aliphatic carbocycles. The minimum atomic E-state index is -0.977. The molecule has 0 saturated carbocycles. The Hall–Kier alpha value is -1.90. The minimum absolute atomic E-state index is 0.00981. The third-order valence-corrected chi connectivity index (χ3v) is 1.13. The van der Waals surface area contributed by atoms with Gasteiger partial charge in [-0.1, -0.05) is 36.5 Å². The first-order valence-corrected chi connectivity index (χ1v) is 4.04. The van der Waals surface area contributed by atoms with E-state index in [9.17, 15) is 9.59 Å². The van der Waals surface area contributed by atoms with Crippen molar-refractivity contribution in [3.8, 4) is 0 Å². The first-order chi connectivity index (χ1) is 6.63. The molecule has 0 aromatic rings. The van der Waals surface area contributed by atoms with Gasteiger partial charge in [0, 0.05) is 6.08 Å². The van der Waals surface area contributed by atoms with Crippen LogP contribution in [0.3, 0.4) is 0 Å². The van der Waals surface area contributed by atoms with Crippen molar-refractivity contribution in [3.05, 3.63) is 48.6 Å². The number of carbonyl (C=O) groups excluding carboxylic acids is 1. The molecule has 0 aromatic heterocycles. The van der Waals surface area contributed by atoms with Crippen LogP contribution in [-0.2, 0) is 9.59 Å². The Bertz CT molecular complexity index is 274. The summed E-state index contributed by atoms with van der Waals surface area (Å²) in [7, 11) is 0. The lowest BCUT2D eigenvalue weighted by Crippen LogP contribution is -1.84. The molecule has 3 nitrogen and oxygen atoms in total. The number of aliphatic carboxylic acids is 1. The third-order valence-electron chi connectivity index (χ3n) is 1.13. The van der Waals surface area contributed by atoms with E-state index < -0.39 is 5.97 Å². The predicted molar refractivity (Wildman–Crippen MR) is 54.9 cm³/mol. The topological polar surface area (TPSA) is 54.4 Å². The SMILES string of the molecule is CC(=O)/C=C/C=C/C=C/C=C/C(=O)O. The summed E-state index contributed by atoms with van der Waals surface area (Å²) in [6, 6.07) is 0. The van der Waals surface area contributed by atoms with Gasteiger partial charge in [-0.15, -0.1) is 0 Å². The standard InChI is InChI=1S/C11H12O3/c1-10(12)8-6-4-2-3-5-7-9-11(13)14/h2-9H,1H3,(H,13,14)/b4-2+,5-3+,8-6+,9-7+. The van der Waals surface area contributed by atoms with Crippen molar-refractivity contribution in [2.45, 2.75) is 6.92 Å². The highest BCUT2D eigenvalue weighted by atomic mass is 16.4. The largest absolute Gasteiger partial charge is 0.478 e. The van der Waals surface area contributed by atoms with Crippen molar-refractivity contribution in [3.63, 3.8) is 0 Å². The number of carbonyl (C=O) groups is 2. The van der Waals surface area contributed by atoms with Crippen LogP contribution in [0.4, 0.5) is 0 Å². The van der Waals surface area contributed by atoms with Gasteiger partial charge in [0.1, 0.15) is 0 Å². The second kappa shape index (κ2) is 7.73. The normalized spacial score (nSPS) is 12.4. The lowest BCUT2D eigenvalue weighted by molar-refractivity contribution is -0.131. The quantitative estimate of drug-likeness (QED) is 0.534. The Morgan fingerprint density at radius 1 is 0.857 bits per heavy atom. The van der Waals surface area contributed by atoms with Gasteiger partial charge in [-0.2, -0.15) is 0 Å². The zero-order chi connectivity index (χ0) is 10.8. The van der Waals surface area contributed by atoms with Gasteiger partial charge in [-0.25, -0.2) is 4.79 Å². The Labute approximate surface area is 82.7 Å². The summed E-state index contributed by atoms with van der Waals surface area (Å²) in [6.45, 7) is 1.47. The molecule has 1 N–H and O–H groups in total. The van der Waals surface area contributed by atoms with Crippen LogP contribution in [-0.4, -0.2) is 16.9 Å². The van der Waals surface area contributed by atoms with E-state index in [4.69, 9.17) is 5.11 Å². The predicted octanol–water partition coefficient (Wildman–Crippen LogP) is 1.88. The molecule has 0 atom stereocenters. The van der Waals surface area contributed by atoms with Crippen LogP contribution in [0, 0.1) is 0 Å². The molecule has 74 valence electrons. The highest BCUT2D eigenvalue weighted by molar-refractivity contribution is 5.87. The van der Waals surface area contributed by atoms with Gasteiger partial charge in [0.2, 0.25) is 0 Å². The van der Waals surface area contributed by atoms with E-state index in [2.05, 4.69) is 0 Å². The number of rotatable bonds is 5. The average Bonchev–Trinajstić information content (AvgIpc) is 2.08. The Morgan fingerprint density at radius 3 is 1.71 bits per heavy atom. The second-order valence-electron chi connectivity index (χ2n) is 2.44. The number of hydrogen-bond donors (Lipinski definition) is 1. The second-order valence-corrected chi connectivity index (χ2v) is 2.44. The molecule has 0 radical (unpaired) electrons. The lowest BCUT2D eigenvalue weighted by atomic mass is 10.3. The molecule has 14 heavy (non-hydrogen) atoms. The van der Waals surface area contributed by atoms with Crippen LogP contribution in [0.15, 0.2) is 48.6 Å². The fourth-order valence-electron chi connectivity index (χ4n) is 0.586. The summed E-state index contributed by atoms with van der Waals surface area (Å²) in [4.78, 5) is 20.5. The maximum absolute atomic E-state index is 10.4. The van der Waals surface area contributed by atoms with Crippen LogP contribution in [0.25, 0.3) is 0 Å². The molecule has 0 amide bonds. The van der Waals surface area contributed by atoms with Crippen LogP contribution < -0.4 is 0 Å². The van der Waals surface area contributed by atoms with Gasteiger partial charge in [-0.05, 0) is 13.0 Å². The number of hydrogen-bond acceptors (Lipinski definition) is 2. The highest BCUT2D eigenvalue weighted by Gasteiger charge is 1.79. The Kier molecular flexibility index (Phi) is 6.68. The maximum Gasteiger partial charge on any atom is 0.328 e. The molecular weight excluding hydrogens is 180 g/mol. The zero-order valence-corrected chi connectivity index (χ0v) is 7.88. The van der Waals surface area contributed by atoms with Crippen LogP contribution in [0.2, 0.25) is 0 Å². The number of carboxylic acids is 1. The lowest BCUT2D eigenvalue weighted by Gasteiger charge is -1.76. The molecule has 0 aromatic carbocycles. The molecule has 0 rings (SSSR count). The van der Waals surface area contributed by atoms with Crippen molar-refractivity contribution in [1.29, 1.82) is 0 Å². The van der Waals surface area contributed by atoms with Crippen LogP contribution in [0.1, 0.15) is 6.92 Å². The van der Waals surface area contributed by atoms with E-state index in [1.165, 1.54) is 19.1 Å². The van der Waals surface area contributed by atoms with Gasteiger partial charge in [0.25, 0.3) is 0 Å². The molecule has 0 bridgehead atoms. The van der Waals surface area contributed by atoms with Crippen molar-refractivity contribution in [2.24, 2.45) is 0 Å². The van der Waals surface area contributed by atoms with Crippen LogP contribution in [0.5, 0.6) is 0 Å². The first-order valence-electron chi connectivity index (χ1n) is 4.04. The molecule has 0 spiro atoms. The monoisotopic (exact) mass is 192 g/mol. The van der Waals surface area contributed by atoms with E-state index in [1.807, 2.05) is 0 Å². The summed E-state index contributed by atoms with van der Waals surface area (Å²) in [5, 5.41) is 8.23. The molecule has 0 aliphatic heterocycles. The summed E-state index contributed by atoms with van der Waals surface area (Å²) in [5.41, 5.74) is 0. The summed E-state index contributed by atoms with van der Waals surface area (Å²) < 4.78 is 0. The van der Waals surface area contributed by atoms with E-state index in [0.717, 1.165) is 6.08 Å². The van der Waals surface area contributed by atoms with Gasteiger partial charge >= 0.3 is 5.97 Å². The summed E-state index contributed by atoms with van der Waals surface area (Å²) in [5.74, 6) is -0.987. The molecule has 0 aliphatic rings. The summed E-state index contributed by atoms with van der Waals surface area (Å²) >= 11 is 0. The summed E-state index contributed by atoms with van der Waals surface area (Å²) in [6.07, 6.45) is 12.2. The fourth-order valence-corrected chi connectivity index (χ4v) is 0.586. The molecule has 0 heterocycles. The van der Waals surface area contributed by atoms with Gasteiger partial charge in [-0.3, -0.25) is 4.79 Å². The van der Waals surface area contributed by atoms with E-state index in [-0.39, 0.29) is 5.78 Å². The molecular formula is C11H12O3. The maximum atomic E-state index is 10.4. The minimum Gasteiger partial charge on any atom is -0.478 e. The number of allylic oxidation sites excluding steroid dienone is 7. The number of carboxylic acid groups (broad SMARTS) is 1. The Morgan fingerprint density at radius 2 is 1.29 bits per heavy atom. The van der Waals surface area contributed by atoms with Gasteiger partial charge in [0.15, 0.2) is 5.78 Å². The molecule has 0 unspecified atom stereocenters. The fraction of sp³-hybridized carbons (Fsp3) is 0.0909. The smallest absolute Gasteiger partial charge is 0.328 e. The Balaban J connectivity index is 3.82. The van der Waals surface area contributed by atoms with E-state index in [0.29, 0.717) is 0 Å². The van der Waals surface area contributed by atoms with Gasteiger partial charge < -0.3 is 5.11 Å². The molecule has 0 fully saturated rings. The average molecular weight is 192 g/mol. The first kappa shape index (κ1) is 12.1. The third kappa shape index (κ3) is 10.1. The number of ketones is 1. The van der Waals surface area contributed by atoms with Crippen molar-refractivity contribution in [1.82, 2.24) is 0 Å². The van der Waals surface area contributed by atoms with Crippen LogP contribution >= 0.6 is 0 Å².